The minimum Gasteiger partial charge on any atom is -0.338 e. The molecule has 124 valence electrons. The van der Waals surface area contributed by atoms with Gasteiger partial charge in [-0.15, -0.1) is 22.7 Å². The summed E-state index contributed by atoms with van der Waals surface area (Å²) in [7, 11) is 0. The van der Waals surface area contributed by atoms with Gasteiger partial charge in [0.25, 0.3) is 5.91 Å². The van der Waals surface area contributed by atoms with Gasteiger partial charge in [0, 0.05) is 16.0 Å². The summed E-state index contributed by atoms with van der Waals surface area (Å²) in [4.78, 5) is 19.8. The van der Waals surface area contributed by atoms with Gasteiger partial charge in [-0.3, -0.25) is 10.1 Å². The van der Waals surface area contributed by atoms with E-state index < -0.39 is 0 Å². The first-order valence-electron chi connectivity index (χ1n) is 8.16. The van der Waals surface area contributed by atoms with Crippen molar-refractivity contribution in [1.82, 2.24) is 9.55 Å². The Balaban J connectivity index is 1.50. The molecule has 24 heavy (non-hydrogen) atoms. The van der Waals surface area contributed by atoms with Crippen LogP contribution in [0.15, 0.2) is 35.8 Å². The minimum absolute atomic E-state index is 0.0873. The van der Waals surface area contributed by atoms with Gasteiger partial charge in [-0.2, -0.15) is 0 Å². The van der Waals surface area contributed by atoms with Crippen molar-refractivity contribution in [2.24, 2.45) is 5.92 Å². The Kier molecular flexibility index (Phi) is 4.24. The van der Waals surface area contributed by atoms with Crippen molar-refractivity contribution in [1.29, 1.82) is 0 Å². The predicted molar refractivity (Wildman–Crippen MR) is 99.1 cm³/mol. The fraction of sp³-hybridized carbons (Fsp3) is 0.333. The van der Waals surface area contributed by atoms with E-state index in [-0.39, 0.29) is 5.91 Å². The Morgan fingerprint density at radius 2 is 2.33 bits per heavy atom. The van der Waals surface area contributed by atoms with Crippen LogP contribution in [0.1, 0.15) is 39.3 Å². The molecule has 1 aliphatic rings. The summed E-state index contributed by atoms with van der Waals surface area (Å²) in [6, 6.07) is 7.89. The number of amides is 1. The van der Waals surface area contributed by atoms with Gasteiger partial charge in [0.1, 0.15) is 5.69 Å². The van der Waals surface area contributed by atoms with E-state index in [1.807, 2.05) is 29.0 Å². The van der Waals surface area contributed by atoms with Crippen LogP contribution in [0.4, 0.5) is 5.13 Å². The molecule has 1 aliphatic carbocycles. The van der Waals surface area contributed by atoms with E-state index in [1.165, 1.54) is 21.9 Å². The molecular formula is C18H19N3OS2. The van der Waals surface area contributed by atoms with Crippen molar-refractivity contribution in [2.45, 2.75) is 32.7 Å². The maximum atomic E-state index is 12.6. The van der Waals surface area contributed by atoms with E-state index >= 15 is 0 Å². The summed E-state index contributed by atoms with van der Waals surface area (Å²) in [5.41, 5.74) is 1.84. The molecule has 1 amide bonds. The highest BCUT2D eigenvalue weighted by atomic mass is 32.1. The van der Waals surface area contributed by atoms with Crippen LogP contribution in [0.5, 0.6) is 0 Å². The molecule has 0 radical (unpaired) electrons. The molecule has 3 heterocycles. The molecule has 0 bridgehead atoms. The first-order chi connectivity index (χ1) is 11.7. The average molecular weight is 358 g/mol. The van der Waals surface area contributed by atoms with Gasteiger partial charge < -0.3 is 4.57 Å². The molecule has 0 aromatic carbocycles. The molecule has 4 rings (SSSR count). The van der Waals surface area contributed by atoms with E-state index in [0.29, 0.717) is 11.6 Å². The number of thiazole rings is 1. The third-order valence-electron chi connectivity index (χ3n) is 4.37. The van der Waals surface area contributed by atoms with Crippen LogP contribution in [0.3, 0.4) is 0 Å². The lowest BCUT2D eigenvalue weighted by atomic mass is 9.93. The molecule has 6 heteroatoms. The number of anilines is 1. The van der Waals surface area contributed by atoms with E-state index in [4.69, 9.17) is 0 Å². The third kappa shape index (κ3) is 3.16. The smallest absolute Gasteiger partial charge is 0.274 e. The van der Waals surface area contributed by atoms with Gasteiger partial charge in [-0.05, 0) is 48.8 Å². The maximum absolute atomic E-state index is 12.6. The molecule has 0 saturated carbocycles. The number of rotatable bonds is 4. The van der Waals surface area contributed by atoms with Gasteiger partial charge in [-0.1, -0.05) is 13.0 Å². The van der Waals surface area contributed by atoms with Crippen molar-refractivity contribution >= 4 is 33.7 Å². The number of fused-ring (bicyclic) bond motifs is 1. The van der Waals surface area contributed by atoms with Crippen molar-refractivity contribution < 1.29 is 4.79 Å². The van der Waals surface area contributed by atoms with Gasteiger partial charge in [0.05, 0.1) is 12.2 Å². The second-order valence-electron chi connectivity index (χ2n) is 6.29. The molecule has 0 fully saturated rings. The van der Waals surface area contributed by atoms with E-state index in [2.05, 4.69) is 28.7 Å². The second-order valence-corrected chi connectivity index (χ2v) is 8.41. The largest absolute Gasteiger partial charge is 0.338 e. The quantitative estimate of drug-likeness (QED) is 0.751. The van der Waals surface area contributed by atoms with Crippen LogP contribution in [-0.4, -0.2) is 15.5 Å². The Hall–Kier alpha value is -1.92. The lowest BCUT2D eigenvalue weighted by molar-refractivity contribution is 0.101. The minimum atomic E-state index is -0.0873. The number of aryl methyl sites for hydroxylation is 1. The fourth-order valence-corrected chi connectivity index (χ4v) is 4.95. The molecule has 0 saturated heterocycles. The predicted octanol–water partition coefficient (Wildman–Crippen LogP) is 4.43. The molecule has 1 N–H and O–H groups in total. The molecule has 1 atom stereocenters. The normalized spacial score (nSPS) is 16.8. The van der Waals surface area contributed by atoms with Crippen molar-refractivity contribution in [2.75, 3.05) is 5.32 Å². The van der Waals surface area contributed by atoms with Crippen LogP contribution in [-0.2, 0) is 19.4 Å². The van der Waals surface area contributed by atoms with Gasteiger partial charge in [0.2, 0.25) is 0 Å². The first-order valence-corrected chi connectivity index (χ1v) is 9.86. The standard InChI is InChI=1S/C18H19N3OS2/c1-12-6-7-14-16(10-12)24-18(19-14)20-17(22)15-5-2-8-21(15)11-13-4-3-9-23-13/h2-5,8-9,12H,6-7,10-11H2,1H3,(H,19,20,22)/t12-/m1/s1. The van der Waals surface area contributed by atoms with E-state index in [1.54, 1.807) is 22.7 Å². The molecule has 0 spiro atoms. The molecule has 3 aromatic rings. The topological polar surface area (TPSA) is 46.9 Å². The number of thiophene rings is 1. The van der Waals surface area contributed by atoms with Crippen molar-refractivity contribution in [3.63, 3.8) is 0 Å². The summed E-state index contributed by atoms with van der Waals surface area (Å²) in [6.07, 6.45) is 5.24. The van der Waals surface area contributed by atoms with Gasteiger partial charge in [0.15, 0.2) is 5.13 Å². The van der Waals surface area contributed by atoms with Crippen LogP contribution in [0.25, 0.3) is 0 Å². The van der Waals surface area contributed by atoms with E-state index in [9.17, 15) is 4.79 Å². The summed E-state index contributed by atoms with van der Waals surface area (Å²) >= 11 is 3.33. The third-order valence-corrected chi connectivity index (χ3v) is 6.27. The van der Waals surface area contributed by atoms with Crippen molar-refractivity contribution in [3.8, 4) is 0 Å². The zero-order valence-electron chi connectivity index (χ0n) is 13.5. The molecule has 0 aliphatic heterocycles. The monoisotopic (exact) mass is 357 g/mol. The number of carbonyl (C=O) groups is 1. The number of hydrogen-bond donors (Lipinski definition) is 1. The molecule has 4 nitrogen and oxygen atoms in total. The Labute approximate surface area is 149 Å². The zero-order valence-corrected chi connectivity index (χ0v) is 15.1. The molecule has 0 unspecified atom stereocenters. The molecular weight excluding hydrogens is 338 g/mol. The summed E-state index contributed by atoms with van der Waals surface area (Å²) < 4.78 is 1.98. The van der Waals surface area contributed by atoms with Crippen LogP contribution < -0.4 is 5.32 Å². The second kappa shape index (κ2) is 6.53. The van der Waals surface area contributed by atoms with E-state index in [0.717, 1.165) is 24.5 Å². The first kappa shape index (κ1) is 15.6. The maximum Gasteiger partial charge on any atom is 0.274 e. The summed E-state index contributed by atoms with van der Waals surface area (Å²) in [6.45, 7) is 3.00. The summed E-state index contributed by atoms with van der Waals surface area (Å²) in [5.74, 6) is 0.625. The highest BCUT2D eigenvalue weighted by molar-refractivity contribution is 7.15. The highest BCUT2D eigenvalue weighted by Crippen LogP contribution is 2.32. The van der Waals surface area contributed by atoms with Crippen LogP contribution in [0, 0.1) is 5.92 Å². The van der Waals surface area contributed by atoms with Crippen molar-refractivity contribution in [3.05, 3.63) is 57.0 Å². The lowest BCUT2D eigenvalue weighted by Gasteiger charge is -2.15. The number of nitrogens with zero attached hydrogens (tertiary/aromatic N) is 2. The number of carbonyl (C=O) groups excluding carboxylic acids is 1. The Morgan fingerprint density at radius 3 is 3.17 bits per heavy atom. The number of aromatic nitrogens is 2. The van der Waals surface area contributed by atoms with Crippen LogP contribution in [0.2, 0.25) is 0 Å². The SMILES string of the molecule is C[C@@H]1CCc2nc(NC(=O)c3cccn3Cc3cccs3)sc2C1. The summed E-state index contributed by atoms with van der Waals surface area (Å²) in [5, 5.41) is 5.77. The number of hydrogen-bond acceptors (Lipinski definition) is 4. The average Bonchev–Trinajstić information content (AvgIpc) is 3.27. The number of nitrogens with one attached hydrogen (secondary N) is 1. The van der Waals surface area contributed by atoms with Gasteiger partial charge in [-0.25, -0.2) is 4.98 Å². The fourth-order valence-electron chi connectivity index (χ4n) is 3.08. The zero-order chi connectivity index (χ0) is 16.5. The van der Waals surface area contributed by atoms with Gasteiger partial charge >= 0.3 is 0 Å². The lowest BCUT2D eigenvalue weighted by Crippen LogP contribution is -2.17. The molecule has 3 aromatic heterocycles. The Morgan fingerprint density at radius 1 is 1.42 bits per heavy atom. The highest BCUT2D eigenvalue weighted by Gasteiger charge is 2.21. The Bertz CT molecular complexity index is 848. The van der Waals surface area contributed by atoms with Crippen LogP contribution >= 0.6 is 22.7 Å².